The van der Waals surface area contributed by atoms with E-state index < -0.39 is 0 Å². The summed E-state index contributed by atoms with van der Waals surface area (Å²) in [5, 5.41) is 11.7. The van der Waals surface area contributed by atoms with Gasteiger partial charge in [-0.25, -0.2) is 9.67 Å². The van der Waals surface area contributed by atoms with Gasteiger partial charge in [0, 0.05) is 43.8 Å². The first kappa shape index (κ1) is 14.0. The first-order chi connectivity index (χ1) is 11.3. The third kappa shape index (κ3) is 2.73. The summed E-state index contributed by atoms with van der Waals surface area (Å²) in [6, 6.07) is 5.72. The van der Waals surface area contributed by atoms with Crippen LogP contribution in [-0.2, 0) is 0 Å². The van der Waals surface area contributed by atoms with Gasteiger partial charge in [0.05, 0.1) is 6.04 Å². The van der Waals surface area contributed by atoms with E-state index in [0.29, 0.717) is 17.5 Å². The molecule has 0 spiro atoms. The molecule has 3 aromatic heterocycles. The van der Waals surface area contributed by atoms with E-state index >= 15 is 0 Å². The number of aromatic nitrogens is 5. The molecule has 1 unspecified atom stereocenters. The topological polar surface area (TPSA) is 84.9 Å². The highest BCUT2D eigenvalue weighted by Crippen LogP contribution is 2.23. The molecule has 0 amide bonds. The maximum absolute atomic E-state index is 5.45. The molecule has 118 valence electrons. The zero-order valence-electron chi connectivity index (χ0n) is 12.8. The molecule has 8 nitrogen and oxygen atoms in total. The van der Waals surface area contributed by atoms with E-state index in [1.54, 1.807) is 17.1 Å². The highest BCUT2D eigenvalue weighted by Gasteiger charge is 2.25. The highest BCUT2D eigenvalue weighted by atomic mass is 16.5. The van der Waals surface area contributed by atoms with Crippen LogP contribution in [0.4, 0.5) is 0 Å². The van der Waals surface area contributed by atoms with Gasteiger partial charge < -0.3 is 9.84 Å². The molecule has 8 heteroatoms. The average Bonchev–Trinajstić information content (AvgIpc) is 3.27. The van der Waals surface area contributed by atoms with E-state index in [4.69, 9.17) is 4.52 Å². The zero-order valence-corrected chi connectivity index (χ0v) is 12.8. The number of likely N-dealkylation sites (N-methyl/N-ethyl adjacent to an activating group) is 1. The van der Waals surface area contributed by atoms with Crippen molar-refractivity contribution >= 4 is 0 Å². The van der Waals surface area contributed by atoms with Crippen molar-refractivity contribution in [3.63, 3.8) is 0 Å². The second-order valence-electron chi connectivity index (χ2n) is 5.51. The minimum Gasteiger partial charge on any atom is -0.334 e. The molecule has 0 bridgehead atoms. The Kier molecular flexibility index (Phi) is 3.60. The molecule has 1 saturated heterocycles. The van der Waals surface area contributed by atoms with E-state index in [0.717, 1.165) is 25.2 Å². The number of hydrogen-bond acceptors (Lipinski definition) is 7. The van der Waals surface area contributed by atoms with Crippen molar-refractivity contribution in [2.24, 2.45) is 0 Å². The van der Waals surface area contributed by atoms with E-state index in [2.05, 4.69) is 37.5 Å². The Labute approximate surface area is 133 Å². The maximum atomic E-state index is 5.45. The van der Waals surface area contributed by atoms with Crippen LogP contribution in [0.5, 0.6) is 0 Å². The van der Waals surface area contributed by atoms with Gasteiger partial charge in [-0.1, -0.05) is 5.16 Å². The van der Waals surface area contributed by atoms with Crippen molar-refractivity contribution in [3.05, 3.63) is 42.6 Å². The zero-order chi connectivity index (χ0) is 15.6. The fraction of sp³-hybridized carbons (Fsp3) is 0.333. The van der Waals surface area contributed by atoms with Crippen LogP contribution < -0.4 is 5.32 Å². The summed E-state index contributed by atoms with van der Waals surface area (Å²) in [6.07, 6.45) is 5.27. The van der Waals surface area contributed by atoms with Crippen LogP contribution in [0.2, 0.25) is 0 Å². The molecule has 0 aliphatic carbocycles. The van der Waals surface area contributed by atoms with Gasteiger partial charge in [-0.2, -0.15) is 10.1 Å². The molecule has 0 radical (unpaired) electrons. The van der Waals surface area contributed by atoms with Gasteiger partial charge in [0.1, 0.15) is 0 Å². The van der Waals surface area contributed by atoms with Crippen LogP contribution in [0.25, 0.3) is 17.3 Å². The Balaban J connectivity index is 1.63. The minimum atomic E-state index is 0.133. The quantitative estimate of drug-likeness (QED) is 0.769. The van der Waals surface area contributed by atoms with Gasteiger partial charge in [-0.05, 0) is 25.2 Å². The van der Waals surface area contributed by atoms with Crippen molar-refractivity contribution in [3.8, 4) is 17.3 Å². The lowest BCUT2D eigenvalue weighted by atomic mass is 10.2. The lowest BCUT2D eigenvalue weighted by Crippen LogP contribution is -2.44. The number of pyridine rings is 1. The molecule has 3 aromatic rings. The van der Waals surface area contributed by atoms with E-state index in [1.807, 2.05) is 24.4 Å². The number of piperazine rings is 1. The Morgan fingerprint density at radius 3 is 3.13 bits per heavy atom. The number of hydrogen-bond donors (Lipinski definition) is 1. The Morgan fingerprint density at radius 1 is 1.35 bits per heavy atom. The van der Waals surface area contributed by atoms with E-state index in [9.17, 15) is 0 Å². The summed E-state index contributed by atoms with van der Waals surface area (Å²) in [5.41, 5.74) is 0.829. The van der Waals surface area contributed by atoms with Crippen LogP contribution in [0, 0.1) is 0 Å². The van der Waals surface area contributed by atoms with Crippen molar-refractivity contribution in [1.29, 1.82) is 0 Å². The SMILES string of the molecule is CN1CCNCC1c1noc(-c2ccnc(-n3cccn3)c2)n1. The normalized spacial score (nSPS) is 19.1. The smallest absolute Gasteiger partial charge is 0.258 e. The Bertz CT molecular complexity index is 783. The molecule has 1 fully saturated rings. The summed E-state index contributed by atoms with van der Waals surface area (Å²) in [4.78, 5) is 11.1. The second-order valence-corrected chi connectivity index (χ2v) is 5.51. The fourth-order valence-corrected chi connectivity index (χ4v) is 2.66. The van der Waals surface area contributed by atoms with Gasteiger partial charge in [0.25, 0.3) is 5.89 Å². The molecule has 1 atom stereocenters. The lowest BCUT2D eigenvalue weighted by Gasteiger charge is -2.30. The Hall–Kier alpha value is -2.58. The molecule has 0 aromatic carbocycles. The fourth-order valence-electron chi connectivity index (χ4n) is 2.66. The third-order valence-electron chi connectivity index (χ3n) is 3.98. The number of nitrogens with one attached hydrogen (secondary N) is 1. The second kappa shape index (κ2) is 5.90. The van der Waals surface area contributed by atoms with Gasteiger partial charge in [-0.3, -0.25) is 4.90 Å². The van der Waals surface area contributed by atoms with Crippen molar-refractivity contribution in [1.82, 2.24) is 35.1 Å². The third-order valence-corrected chi connectivity index (χ3v) is 3.98. The van der Waals surface area contributed by atoms with Crippen LogP contribution in [0.3, 0.4) is 0 Å². The van der Waals surface area contributed by atoms with Gasteiger partial charge >= 0.3 is 0 Å². The first-order valence-electron chi connectivity index (χ1n) is 7.52. The largest absolute Gasteiger partial charge is 0.334 e. The summed E-state index contributed by atoms with van der Waals surface area (Å²) in [5.74, 6) is 1.91. The van der Waals surface area contributed by atoms with Crippen LogP contribution in [0.1, 0.15) is 11.9 Å². The molecule has 4 heterocycles. The average molecular weight is 311 g/mol. The van der Waals surface area contributed by atoms with Crippen LogP contribution in [0.15, 0.2) is 41.3 Å². The molecule has 23 heavy (non-hydrogen) atoms. The summed E-state index contributed by atoms with van der Waals surface area (Å²) in [6.45, 7) is 2.77. The van der Waals surface area contributed by atoms with Gasteiger partial charge in [0.2, 0.25) is 0 Å². The lowest BCUT2D eigenvalue weighted by molar-refractivity contribution is 0.190. The standard InChI is InChI=1S/C15H17N7O/c1-21-8-6-16-10-12(21)14-19-15(23-20-14)11-3-5-17-13(9-11)22-7-2-4-18-22/h2-5,7,9,12,16H,6,8,10H2,1H3. The molecular formula is C15H17N7O. The number of nitrogens with zero attached hydrogens (tertiary/aromatic N) is 6. The maximum Gasteiger partial charge on any atom is 0.258 e. The van der Waals surface area contributed by atoms with E-state index in [-0.39, 0.29) is 6.04 Å². The van der Waals surface area contributed by atoms with Crippen molar-refractivity contribution in [2.75, 3.05) is 26.7 Å². The Morgan fingerprint density at radius 2 is 2.30 bits per heavy atom. The van der Waals surface area contributed by atoms with Gasteiger partial charge in [0.15, 0.2) is 11.6 Å². The van der Waals surface area contributed by atoms with Crippen molar-refractivity contribution in [2.45, 2.75) is 6.04 Å². The molecule has 1 aliphatic heterocycles. The van der Waals surface area contributed by atoms with Crippen LogP contribution >= 0.6 is 0 Å². The van der Waals surface area contributed by atoms with E-state index in [1.165, 1.54) is 0 Å². The highest BCUT2D eigenvalue weighted by molar-refractivity contribution is 5.54. The predicted molar refractivity (Wildman–Crippen MR) is 82.9 cm³/mol. The van der Waals surface area contributed by atoms with Crippen molar-refractivity contribution < 1.29 is 4.52 Å². The molecule has 1 aliphatic rings. The minimum absolute atomic E-state index is 0.133. The van der Waals surface area contributed by atoms with Gasteiger partial charge in [-0.15, -0.1) is 0 Å². The predicted octanol–water partition coefficient (Wildman–Crippen LogP) is 0.893. The summed E-state index contributed by atoms with van der Waals surface area (Å²) in [7, 11) is 2.07. The summed E-state index contributed by atoms with van der Waals surface area (Å²) >= 11 is 0. The molecular weight excluding hydrogens is 294 g/mol. The number of rotatable bonds is 3. The monoisotopic (exact) mass is 311 g/mol. The van der Waals surface area contributed by atoms with Crippen LogP contribution in [-0.4, -0.2) is 56.5 Å². The molecule has 4 rings (SSSR count). The first-order valence-corrected chi connectivity index (χ1v) is 7.52. The molecule has 1 N–H and O–H groups in total. The summed E-state index contributed by atoms with van der Waals surface area (Å²) < 4.78 is 7.15. The molecule has 0 saturated carbocycles.